The minimum atomic E-state index is 0.177. The highest BCUT2D eigenvalue weighted by Crippen LogP contribution is 2.29. The molecule has 2 nitrogen and oxygen atoms in total. The van der Waals surface area contributed by atoms with Crippen molar-refractivity contribution in [3.05, 3.63) is 28.2 Å². The van der Waals surface area contributed by atoms with Crippen molar-refractivity contribution in [2.24, 2.45) is 11.3 Å². The van der Waals surface area contributed by atoms with Gasteiger partial charge in [0.2, 0.25) is 0 Å². The van der Waals surface area contributed by atoms with Crippen LogP contribution in [0.4, 0.5) is 0 Å². The zero-order valence-corrected chi connectivity index (χ0v) is 14.0. The van der Waals surface area contributed by atoms with Gasteiger partial charge in [0.1, 0.15) is 11.5 Å². The van der Waals surface area contributed by atoms with Gasteiger partial charge in [-0.3, -0.25) is 4.79 Å². The first kappa shape index (κ1) is 16.2. The predicted octanol–water partition coefficient (Wildman–Crippen LogP) is 4.64. The van der Waals surface area contributed by atoms with E-state index >= 15 is 0 Å². The van der Waals surface area contributed by atoms with Crippen LogP contribution in [-0.2, 0) is 11.2 Å². The highest BCUT2D eigenvalue weighted by Gasteiger charge is 2.22. The van der Waals surface area contributed by atoms with E-state index in [1.165, 1.54) is 0 Å². The predicted molar refractivity (Wildman–Crippen MR) is 82.6 cm³/mol. The lowest BCUT2D eigenvalue weighted by Crippen LogP contribution is -2.21. The first-order chi connectivity index (χ1) is 8.74. The summed E-state index contributed by atoms with van der Waals surface area (Å²) in [5, 5.41) is 0. The fourth-order valence-electron chi connectivity index (χ4n) is 1.77. The van der Waals surface area contributed by atoms with Crippen LogP contribution in [0, 0.1) is 11.3 Å². The molecule has 0 aromatic heterocycles. The Morgan fingerprint density at radius 3 is 2.47 bits per heavy atom. The van der Waals surface area contributed by atoms with Crippen LogP contribution in [-0.4, -0.2) is 12.9 Å². The number of ketones is 1. The van der Waals surface area contributed by atoms with E-state index in [0.717, 1.165) is 15.8 Å². The van der Waals surface area contributed by atoms with Crippen LogP contribution in [0.15, 0.2) is 22.7 Å². The third kappa shape index (κ3) is 4.98. The van der Waals surface area contributed by atoms with Crippen LogP contribution in [0.25, 0.3) is 0 Å². The van der Waals surface area contributed by atoms with Crippen molar-refractivity contribution >= 4 is 21.7 Å². The van der Waals surface area contributed by atoms with Crippen LogP contribution in [0.2, 0.25) is 0 Å². The van der Waals surface area contributed by atoms with Gasteiger partial charge in [-0.05, 0) is 45.0 Å². The van der Waals surface area contributed by atoms with E-state index in [9.17, 15) is 4.79 Å². The molecule has 0 heterocycles. The Hall–Kier alpha value is -0.830. The van der Waals surface area contributed by atoms with Gasteiger partial charge in [-0.25, -0.2) is 0 Å². The highest BCUT2D eigenvalue weighted by atomic mass is 79.9. The molecular formula is C16H23BrO2. The topological polar surface area (TPSA) is 26.3 Å². The summed E-state index contributed by atoms with van der Waals surface area (Å²) in [6.45, 7) is 8.67. The van der Waals surface area contributed by atoms with E-state index in [0.29, 0.717) is 24.5 Å². The Labute approximate surface area is 124 Å². The Morgan fingerprint density at radius 1 is 1.37 bits per heavy atom. The summed E-state index contributed by atoms with van der Waals surface area (Å²) in [5.41, 5.74) is 1.20. The van der Waals surface area contributed by atoms with Gasteiger partial charge in [-0.15, -0.1) is 0 Å². The molecule has 0 aliphatic carbocycles. The fourth-order valence-corrected chi connectivity index (χ4v) is 2.36. The van der Waals surface area contributed by atoms with E-state index in [1.54, 1.807) is 7.11 Å². The van der Waals surface area contributed by atoms with Gasteiger partial charge in [-0.1, -0.05) is 33.8 Å². The molecule has 0 fully saturated rings. The zero-order chi connectivity index (χ0) is 14.6. The van der Waals surface area contributed by atoms with Crippen LogP contribution in [0.5, 0.6) is 5.75 Å². The van der Waals surface area contributed by atoms with Gasteiger partial charge in [0.25, 0.3) is 0 Å². The Balaban J connectivity index is 2.65. The fraction of sp³-hybridized carbons (Fsp3) is 0.562. The summed E-state index contributed by atoms with van der Waals surface area (Å²) < 4.78 is 6.08. The number of Topliss-reactive ketones (excluding diaryl/α,β-unsaturated/α-hetero) is 1. The van der Waals surface area contributed by atoms with E-state index < -0.39 is 0 Å². The molecule has 0 amide bonds. The van der Waals surface area contributed by atoms with Gasteiger partial charge in [0.05, 0.1) is 11.6 Å². The van der Waals surface area contributed by atoms with Crippen molar-refractivity contribution < 1.29 is 9.53 Å². The lowest BCUT2D eigenvalue weighted by molar-refractivity contribution is -0.120. The van der Waals surface area contributed by atoms with Crippen LogP contribution in [0.1, 0.15) is 39.7 Å². The molecule has 1 aromatic rings. The lowest BCUT2D eigenvalue weighted by atomic mass is 9.79. The van der Waals surface area contributed by atoms with Crippen molar-refractivity contribution in [1.29, 1.82) is 0 Å². The molecule has 0 aliphatic rings. The molecular weight excluding hydrogens is 304 g/mol. The van der Waals surface area contributed by atoms with Gasteiger partial charge in [0, 0.05) is 12.8 Å². The number of methoxy groups -OCH3 is 1. The first-order valence-electron chi connectivity index (χ1n) is 6.58. The average Bonchev–Trinajstić information content (AvgIpc) is 2.27. The molecule has 0 bridgehead atoms. The van der Waals surface area contributed by atoms with E-state index in [1.807, 2.05) is 18.2 Å². The zero-order valence-electron chi connectivity index (χ0n) is 12.4. The minimum absolute atomic E-state index is 0.177. The van der Waals surface area contributed by atoms with Gasteiger partial charge < -0.3 is 4.74 Å². The number of hydrogen-bond acceptors (Lipinski definition) is 2. The molecule has 0 N–H and O–H groups in total. The summed E-state index contributed by atoms with van der Waals surface area (Å²) in [7, 11) is 1.63. The Morgan fingerprint density at radius 2 is 2.00 bits per heavy atom. The maximum absolute atomic E-state index is 12.1. The second-order valence-corrected chi connectivity index (χ2v) is 7.01. The number of rotatable bonds is 5. The molecule has 0 saturated carbocycles. The average molecular weight is 327 g/mol. The molecule has 3 heteroatoms. The first-order valence-corrected chi connectivity index (χ1v) is 7.37. The van der Waals surface area contributed by atoms with E-state index in [-0.39, 0.29) is 5.41 Å². The Bertz CT molecular complexity index is 447. The second kappa shape index (κ2) is 6.56. The summed E-state index contributed by atoms with van der Waals surface area (Å²) in [6, 6.07) is 5.79. The monoisotopic (exact) mass is 326 g/mol. The number of hydrogen-bond donors (Lipinski definition) is 0. The van der Waals surface area contributed by atoms with Crippen LogP contribution >= 0.6 is 15.9 Å². The maximum atomic E-state index is 12.1. The number of ether oxygens (including phenoxy) is 1. The molecule has 106 valence electrons. The molecule has 0 radical (unpaired) electrons. The smallest absolute Gasteiger partial charge is 0.137 e. The minimum Gasteiger partial charge on any atom is -0.496 e. The van der Waals surface area contributed by atoms with Crippen molar-refractivity contribution in [3.8, 4) is 5.75 Å². The summed E-state index contributed by atoms with van der Waals surface area (Å²) in [6.07, 6.45) is 1.12. The summed E-state index contributed by atoms with van der Waals surface area (Å²) in [5.74, 6) is 1.47. The summed E-state index contributed by atoms with van der Waals surface area (Å²) >= 11 is 3.44. The summed E-state index contributed by atoms with van der Waals surface area (Å²) in [4.78, 5) is 12.1. The van der Waals surface area contributed by atoms with Gasteiger partial charge in [0.15, 0.2) is 0 Å². The standard InChI is InChI=1S/C16H23BrO2/c1-11(16(2,3)4)8-13(18)9-12-6-7-15(19-5)14(17)10-12/h6-7,10-11H,8-9H2,1-5H3. The van der Waals surface area contributed by atoms with Crippen LogP contribution in [0.3, 0.4) is 0 Å². The third-order valence-electron chi connectivity index (χ3n) is 3.63. The van der Waals surface area contributed by atoms with Gasteiger partial charge >= 0.3 is 0 Å². The van der Waals surface area contributed by atoms with Crippen molar-refractivity contribution in [1.82, 2.24) is 0 Å². The van der Waals surface area contributed by atoms with E-state index in [2.05, 4.69) is 43.6 Å². The normalized spacial score (nSPS) is 13.2. The van der Waals surface area contributed by atoms with E-state index in [4.69, 9.17) is 4.74 Å². The van der Waals surface area contributed by atoms with Crippen molar-refractivity contribution in [2.45, 2.75) is 40.5 Å². The molecule has 0 spiro atoms. The molecule has 1 unspecified atom stereocenters. The third-order valence-corrected chi connectivity index (χ3v) is 4.25. The maximum Gasteiger partial charge on any atom is 0.137 e. The molecule has 1 atom stereocenters. The number of carbonyl (C=O) groups excluding carboxylic acids is 1. The SMILES string of the molecule is COc1ccc(CC(=O)CC(C)C(C)(C)C)cc1Br. The quantitative estimate of drug-likeness (QED) is 0.787. The van der Waals surface area contributed by atoms with Crippen LogP contribution < -0.4 is 4.74 Å². The van der Waals surface area contributed by atoms with Crippen molar-refractivity contribution in [3.63, 3.8) is 0 Å². The largest absolute Gasteiger partial charge is 0.496 e. The second-order valence-electron chi connectivity index (χ2n) is 6.16. The molecule has 1 aromatic carbocycles. The molecule has 19 heavy (non-hydrogen) atoms. The molecule has 1 rings (SSSR count). The molecule has 0 saturated heterocycles. The number of carbonyl (C=O) groups is 1. The van der Waals surface area contributed by atoms with Crippen molar-refractivity contribution in [2.75, 3.05) is 7.11 Å². The van der Waals surface area contributed by atoms with Gasteiger partial charge in [-0.2, -0.15) is 0 Å². The lowest BCUT2D eigenvalue weighted by Gasteiger charge is -2.26. The number of halogens is 1. The number of benzene rings is 1. The highest BCUT2D eigenvalue weighted by molar-refractivity contribution is 9.10. The Kier molecular flexibility index (Phi) is 5.60. The molecule has 0 aliphatic heterocycles.